The Morgan fingerprint density at radius 2 is 1.93 bits per heavy atom. The Labute approximate surface area is 161 Å². The van der Waals surface area contributed by atoms with Crippen molar-refractivity contribution >= 4 is 11.6 Å². The highest BCUT2D eigenvalue weighted by molar-refractivity contribution is 5.95. The van der Waals surface area contributed by atoms with E-state index in [0.717, 1.165) is 36.5 Å². The summed E-state index contributed by atoms with van der Waals surface area (Å²) >= 11 is 0. The van der Waals surface area contributed by atoms with Gasteiger partial charge in [0.05, 0.1) is 13.2 Å². The van der Waals surface area contributed by atoms with E-state index >= 15 is 0 Å². The summed E-state index contributed by atoms with van der Waals surface area (Å²) in [5.74, 6) is 0.286. The Kier molecular flexibility index (Phi) is 6.48. The van der Waals surface area contributed by atoms with E-state index in [1.165, 1.54) is 0 Å². The molecule has 1 amide bonds. The Morgan fingerprint density at radius 3 is 2.70 bits per heavy atom. The van der Waals surface area contributed by atoms with Gasteiger partial charge in [-0.1, -0.05) is 24.3 Å². The Hall–Kier alpha value is -2.37. The molecule has 3 rings (SSSR count). The number of nitrogens with one attached hydrogen (secondary N) is 1. The zero-order valence-corrected chi connectivity index (χ0v) is 16.4. The van der Waals surface area contributed by atoms with Crippen LogP contribution < -0.4 is 10.2 Å². The van der Waals surface area contributed by atoms with Crippen molar-refractivity contribution < 1.29 is 9.53 Å². The van der Waals surface area contributed by atoms with Crippen molar-refractivity contribution in [1.82, 2.24) is 10.2 Å². The molecule has 1 fully saturated rings. The van der Waals surface area contributed by atoms with Gasteiger partial charge in [0.25, 0.3) is 5.91 Å². The third kappa shape index (κ3) is 5.31. The van der Waals surface area contributed by atoms with Gasteiger partial charge in [0.15, 0.2) is 0 Å². The van der Waals surface area contributed by atoms with Crippen molar-refractivity contribution in [3.63, 3.8) is 0 Å². The fraction of sp³-hybridized carbons (Fsp3) is 0.409. The van der Waals surface area contributed by atoms with Crippen LogP contribution in [0.15, 0.2) is 48.5 Å². The van der Waals surface area contributed by atoms with Crippen LogP contribution in [0.2, 0.25) is 0 Å². The molecule has 1 heterocycles. The SMILES string of the molecule is CN1CCOC[C@H](CNC(=O)c2cccc(-c3cccc(N(C)C)c3)c2)C1. The molecule has 2 aromatic carbocycles. The van der Waals surface area contributed by atoms with Crippen molar-refractivity contribution in [2.24, 2.45) is 5.92 Å². The number of benzene rings is 2. The van der Waals surface area contributed by atoms with Gasteiger partial charge in [-0.25, -0.2) is 0 Å². The van der Waals surface area contributed by atoms with Crippen LogP contribution >= 0.6 is 0 Å². The molecule has 27 heavy (non-hydrogen) atoms. The number of carbonyl (C=O) groups is 1. The smallest absolute Gasteiger partial charge is 0.251 e. The highest BCUT2D eigenvalue weighted by Crippen LogP contribution is 2.24. The summed E-state index contributed by atoms with van der Waals surface area (Å²) in [5.41, 5.74) is 3.98. The maximum Gasteiger partial charge on any atom is 0.251 e. The predicted octanol–water partition coefficient (Wildman–Crippen LogP) is 2.73. The number of carbonyl (C=O) groups excluding carboxylic acids is 1. The lowest BCUT2D eigenvalue weighted by Crippen LogP contribution is -2.35. The number of hydrogen-bond donors (Lipinski definition) is 1. The molecule has 1 aliphatic rings. The highest BCUT2D eigenvalue weighted by Gasteiger charge is 2.17. The van der Waals surface area contributed by atoms with Crippen molar-refractivity contribution in [3.05, 3.63) is 54.1 Å². The molecule has 0 saturated carbocycles. The molecule has 0 spiro atoms. The molecule has 0 unspecified atom stereocenters. The first-order valence-electron chi connectivity index (χ1n) is 9.45. The second-order valence-electron chi connectivity index (χ2n) is 7.44. The lowest BCUT2D eigenvalue weighted by molar-refractivity contribution is 0.0921. The first-order valence-corrected chi connectivity index (χ1v) is 9.45. The first-order chi connectivity index (χ1) is 13.0. The Balaban J connectivity index is 1.67. The maximum absolute atomic E-state index is 12.6. The zero-order valence-electron chi connectivity index (χ0n) is 16.4. The molecule has 5 nitrogen and oxygen atoms in total. The Bertz CT molecular complexity index is 776. The topological polar surface area (TPSA) is 44.8 Å². The molecule has 0 radical (unpaired) electrons. The monoisotopic (exact) mass is 367 g/mol. The highest BCUT2D eigenvalue weighted by atomic mass is 16.5. The van der Waals surface area contributed by atoms with Crippen LogP contribution in [0.3, 0.4) is 0 Å². The van der Waals surface area contributed by atoms with Crippen molar-refractivity contribution in [2.45, 2.75) is 0 Å². The van der Waals surface area contributed by atoms with Gasteiger partial charge in [-0.05, 0) is 42.4 Å². The molecule has 0 aromatic heterocycles. The molecule has 1 aliphatic heterocycles. The van der Waals surface area contributed by atoms with E-state index in [1.54, 1.807) is 0 Å². The van der Waals surface area contributed by atoms with Gasteiger partial charge < -0.3 is 19.9 Å². The minimum Gasteiger partial charge on any atom is -0.380 e. The molecular weight excluding hydrogens is 338 g/mol. The summed E-state index contributed by atoms with van der Waals surface area (Å²) in [6.07, 6.45) is 0. The normalized spacial score (nSPS) is 18.0. The summed E-state index contributed by atoms with van der Waals surface area (Å²) < 4.78 is 5.63. The number of nitrogens with zero attached hydrogens (tertiary/aromatic N) is 2. The summed E-state index contributed by atoms with van der Waals surface area (Å²) in [6.45, 7) is 3.97. The quantitative estimate of drug-likeness (QED) is 0.883. The van der Waals surface area contributed by atoms with Crippen LogP contribution in [0.4, 0.5) is 5.69 Å². The van der Waals surface area contributed by atoms with Crippen LogP contribution in [0.5, 0.6) is 0 Å². The number of hydrogen-bond acceptors (Lipinski definition) is 4. The molecule has 1 N–H and O–H groups in total. The van der Waals surface area contributed by atoms with Gasteiger partial charge in [0.1, 0.15) is 0 Å². The third-order valence-corrected chi connectivity index (χ3v) is 4.91. The van der Waals surface area contributed by atoms with E-state index in [1.807, 2.05) is 44.4 Å². The number of likely N-dealkylation sites (N-methyl/N-ethyl adjacent to an activating group) is 1. The lowest BCUT2D eigenvalue weighted by atomic mass is 10.0. The number of amides is 1. The summed E-state index contributed by atoms with van der Waals surface area (Å²) in [6, 6.07) is 16.1. The van der Waals surface area contributed by atoms with Gasteiger partial charge in [-0.3, -0.25) is 4.79 Å². The van der Waals surface area contributed by atoms with E-state index in [0.29, 0.717) is 24.6 Å². The minimum atomic E-state index is -0.0347. The molecule has 0 bridgehead atoms. The molecule has 1 atom stereocenters. The van der Waals surface area contributed by atoms with Crippen LogP contribution in [-0.4, -0.2) is 64.8 Å². The van der Waals surface area contributed by atoms with E-state index < -0.39 is 0 Å². The first kappa shape index (κ1) is 19.4. The third-order valence-electron chi connectivity index (χ3n) is 4.91. The van der Waals surface area contributed by atoms with Gasteiger partial charge in [0.2, 0.25) is 0 Å². The average Bonchev–Trinajstić information content (AvgIpc) is 2.90. The van der Waals surface area contributed by atoms with Gasteiger partial charge >= 0.3 is 0 Å². The van der Waals surface area contributed by atoms with Crippen LogP contribution in [0.1, 0.15) is 10.4 Å². The second-order valence-corrected chi connectivity index (χ2v) is 7.44. The summed E-state index contributed by atoms with van der Waals surface area (Å²) in [4.78, 5) is 17.0. The minimum absolute atomic E-state index is 0.0347. The van der Waals surface area contributed by atoms with E-state index in [2.05, 4.69) is 40.4 Å². The van der Waals surface area contributed by atoms with Crippen LogP contribution in [0, 0.1) is 5.92 Å². The standard InChI is InChI=1S/C22H29N3O2/c1-24(2)21-9-5-7-19(13-21)18-6-4-8-20(12-18)22(26)23-14-17-15-25(3)10-11-27-16-17/h4-9,12-13,17H,10-11,14-16H2,1-3H3,(H,23,26)/t17-/m1/s1. The number of rotatable bonds is 5. The molecule has 144 valence electrons. The van der Waals surface area contributed by atoms with E-state index in [9.17, 15) is 4.79 Å². The lowest BCUT2D eigenvalue weighted by Gasteiger charge is -2.19. The van der Waals surface area contributed by atoms with Gasteiger partial charge in [-0.15, -0.1) is 0 Å². The van der Waals surface area contributed by atoms with E-state index in [-0.39, 0.29) is 5.91 Å². The molecular formula is C22H29N3O2. The van der Waals surface area contributed by atoms with Crippen molar-refractivity contribution in [2.75, 3.05) is 58.9 Å². The summed E-state index contributed by atoms with van der Waals surface area (Å²) in [7, 11) is 6.14. The molecule has 5 heteroatoms. The second kappa shape index (κ2) is 9.02. The van der Waals surface area contributed by atoms with Crippen molar-refractivity contribution in [3.8, 4) is 11.1 Å². The van der Waals surface area contributed by atoms with Gasteiger partial charge in [0, 0.05) is 50.9 Å². The number of anilines is 1. The number of ether oxygens (including phenoxy) is 1. The zero-order chi connectivity index (χ0) is 19.2. The molecule has 2 aromatic rings. The van der Waals surface area contributed by atoms with Crippen LogP contribution in [-0.2, 0) is 4.74 Å². The van der Waals surface area contributed by atoms with Crippen LogP contribution in [0.25, 0.3) is 11.1 Å². The fourth-order valence-electron chi connectivity index (χ4n) is 3.32. The largest absolute Gasteiger partial charge is 0.380 e. The summed E-state index contributed by atoms with van der Waals surface area (Å²) in [5, 5.41) is 3.07. The Morgan fingerprint density at radius 1 is 1.19 bits per heavy atom. The van der Waals surface area contributed by atoms with Crippen molar-refractivity contribution in [1.29, 1.82) is 0 Å². The average molecular weight is 367 g/mol. The van der Waals surface area contributed by atoms with Gasteiger partial charge in [-0.2, -0.15) is 0 Å². The molecule has 1 saturated heterocycles. The predicted molar refractivity (Wildman–Crippen MR) is 110 cm³/mol. The maximum atomic E-state index is 12.6. The van der Waals surface area contributed by atoms with E-state index in [4.69, 9.17) is 4.74 Å². The molecule has 0 aliphatic carbocycles. The fourth-order valence-corrected chi connectivity index (χ4v) is 3.32.